The van der Waals surface area contributed by atoms with E-state index in [1.807, 2.05) is 12.1 Å². The van der Waals surface area contributed by atoms with Gasteiger partial charge in [0.25, 0.3) is 5.91 Å². The van der Waals surface area contributed by atoms with Crippen LogP contribution in [0.15, 0.2) is 48.9 Å². The number of halogens is 2. The molecule has 17 heteroatoms. The molecule has 3 saturated heterocycles. The van der Waals surface area contributed by atoms with Gasteiger partial charge in [-0.05, 0) is 87.6 Å². The first-order valence-corrected chi connectivity index (χ1v) is 19.6. The molecule has 8 rings (SSSR count). The molecule has 2 N–H and O–H groups in total. The quantitative estimate of drug-likeness (QED) is 0.225. The second-order valence-corrected chi connectivity index (χ2v) is 15.4. The number of likely N-dealkylation sites (tertiary alicyclic amines) is 1. The number of urea groups is 1. The van der Waals surface area contributed by atoms with Crippen LogP contribution in [0.1, 0.15) is 79.9 Å². The number of carbonyl (C=O) groups is 3. The number of benzene rings is 1. The van der Waals surface area contributed by atoms with Gasteiger partial charge < -0.3 is 24.4 Å². The average Bonchev–Trinajstić information content (AvgIpc) is 3.64. The number of imide groups is 1. The van der Waals surface area contributed by atoms with Crippen LogP contribution in [0.25, 0.3) is 11.0 Å². The zero-order valence-corrected chi connectivity index (χ0v) is 32.6. The summed E-state index contributed by atoms with van der Waals surface area (Å²) in [7, 11) is 0. The van der Waals surface area contributed by atoms with E-state index in [0.29, 0.717) is 46.4 Å². The average molecular weight is 803 g/mol. The lowest BCUT2D eigenvalue weighted by Crippen LogP contribution is -2.50. The van der Waals surface area contributed by atoms with E-state index in [1.165, 1.54) is 11.2 Å². The number of hydrogen-bond acceptors (Lipinski definition) is 11. The van der Waals surface area contributed by atoms with Gasteiger partial charge in [0.2, 0.25) is 5.91 Å². The first kappa shape index (κ1) is 39.2. The maximum atomic E-state index is 13.0. The highest BCUT2D eigenvalue weighted by atomic mass is 35.5. The van der Waals surface area contributed by atoms with Crippen molar-refractivity contribution in [3.63, 3.8) is 0 Å². The smallest absolute Gasteiger partial charge is 0.329 e. The Hall–Kier alpha value is -5.04. The molecule has 4 fully saturated rings. The van der Waals surface area contributed by atoms with Gasteiger partial charge in [0.05, 0.1) is 22.1 Å². The van der Waals surface area contributed by atoms with Gasteiger partial charge in [-0.25, -0.2) is 14.8 Å². The molecule has 3 aliphatic heterocycles. The Balaban J connectivity index is 0.00000480. The van der Waals surface area contributed by atoms with Crippen LogP contribution in [0.3, 0.4) is 0 Å². The second-order valence-electron chi connectivity index (χ2n) is 15.0. The molecule has 56 heavy (non-hydrogen) atoms. The molecule has 0 atom stereocenters. The van der Waals surface area contributed by atoms with Crippen LogP contribution in [-0.2, 0) is 4.79 Å². The van der Waals surface area contributed by atoms with Crippen molar-refractivity contribution in [3.8, 4) is 11.8 Å². The van der Waals surface area contributed by atoms with Crippen LogP contribution in [0.2, 0.25) is 5.02 Å². The van der Waals surface area contributed by atoms with E-state index in [1.54, 1.807) is 24.3 Å². The number of fused-ring (bicyclic) bond motifs is 1. The van der Waals surface area contributed by atoms with Crippen LogP contribution < -0.4 is 25.2 Å². The van der Waals surface area contributed by atoms with Crippen molar-refractivity contribution in [2.45, 2.75) is 76.0 Å². The molecule has 15 nitrogen and oxygen atoms in total. The Morgan fingerprint density at radius 1 is 0.946 bits per heavy atom. The minimum Gasteiger partial charge on any atom is -0.490 e. The van der Waals surface area contributed by atoms with Gasteiger partial charge >= 0.3 is 6.03 Å². The first-order chi connectivity index (χ1) is 26.8. The van der Waals surface area contributed by atoms with Gasteiger partial charge in [-0.3, -0.25) is 19.8 Å². The predicted octanol–water partition coefficient (Wildman–Crippen LogP) is 5.29. The molecule has 1 aromatic carbocycles. The third kappa shape index (κ3) is 8.67. The number of nitrogens with zero attached hydrogens (tertiary/aromatic N) is 9. The summed E-state index contributed by atoms with van der Waals surface area (Å²) < 4.78 is 8.30. The number of carbonyl (C=O) groups excluding carboxylic acids is 3. The number of anilines is 2. The molecule has 294 valence electrons. The van der Waals surface area contributed by atoms with Crippen molar-refractivity contribution in [2.24, 2.45) is 5.92 Å². The van der Waals surface area contributed by atoms with Crippen LogP contribution >= 0.6 is 24.0 Å². The van der Waals surface area contributed by atoms with Gasteiger partial charge in [0.15, 0.2) is 11.5 Å². The summed E-state index contributed by atoms with van der Waals surface area (Å²) >= 11 is 6.15. The summed E-state index contributed by atoms with van der Waals surface area (Å²) in [6.45, 7) is 5.21. The van der Waals surface area contributed by atoms with E-state index >= 15 is 0 Å². The van der Waals surface area contributed by atoms with Gasteiger partial charge in [0.1, 0.15) is 29.6 Å². The Morgan fingerprint density at radius 2 is 1.73 bits per heavy atom. The van der Waals surface area contributed by atoms with Gasteiger partial charge in [-0.15, -0.1) is 22.6 Å². The van der Waals surface area contributed by atoms with Crippen LogP contribution in [-0.4, -0.2) is 98.9 Å². The zero-order chi connectivity index (χ0) is 37.9. The predicted molar refractivity (Wildman–Crippen MR) is 212 cm³/mol. The summed E-state index contributed by atoms with van der Waals surface area (Å²) in [6.07, 6.45) is 11.2. The molecule has 1 saturated carbocycles. The number of hydrogen-bond donors (Lipinski definition) is 2. The standard InChI is InChI=1S/C39H44ClN11O4.ClH/c40-32-21-30(4-1-26(32)22-41)55-29-5-2-27(3-6-29)44-38(53)33-7-8-34(47-46-33)49-17-9-25(10-18-49)23-48-15-11-28(12-16-48)50-19-13-31-36(50)42-24-43-37(31)51-20-14-35(52)45-39(51)54;/h1,4,7-8,13,19,21,24-25,27-29H,2-3,5-6,9-12,14-18,20,23H2,(H,44,53)(H,45,52,54);1H/t27-,29-;. The van der Waals surface area contributed by atoms with E-state index in [2.05, 4.69) is 57.4 Å². The number of nitrogens with one attached hydrogen (secondary N) is 2. The normalized spacial score (nSPS) is 21.3. The topological polar surface area (TPSA) is 174 Å². The Morgan fingerprint density at radius 3 is 2.43 bits per heavy atom. The van der Waals surface area contributed by atoms with E-state index in [-0.39, 0.29) is 42.8 Å². The number of ether oxygens (including phenoxy) is 1. The Kier molecular flexibility index (Phi) is 12.2. The molecule has 4 aromatic rings. The van der Waals surface area contributed by atoms with E-state index < -0.39 is 6.03 Å². The van der Waals surface area contributed by atoms with Crippen molar-refractivity contribution >= 4 is 64.5 Å². The van der Waals surface area contributed by atoms with Crippen molar-refractivity contribution in [2.75, 3.05) is 49.1 Å². The number of rotatable bonds is 9. The lowest BCUT2D eigenvalue weighted by Gasteiger charge is -2.38. The lowest BCUT2D eigenvalue weighted by atomic mass is 9.92. The SMILES string of the molecule is Cl.N#Cc1ccc(O[C@H]2CC[C@H](NC(=O)c3ccc(N4CCC(CN5CCC(n6ccc7c(N8CCC(=O)NC8=O)ncnc76)CC5)CC4)nn3)CC2)cc1Cl. The molecule has 6 heterocycles. The highest BCUT2D eigenvalue weighted by Gasteiger charge is 2.30. The van der Waals surface area contributed by atoms with Crippen LogP contribution in [0, 0.1) is 17.2 Å². The number of amides is 4. The fourth-order valence-corrected chi connectivity index (χ4v) is 8.59. The van der Waals surface area contributed by atoms with Crippen molar-refractivity contribution in [1.29, 1.82) is 5.26 Å². The minimum atomic E-state index is -0.444. The van der Waals surface area contributed by atoms with E-state index in [4.69, 9.17) is 21.6 Å². The Labute approximate surface area is 336 Å². The molecule has 1 aliphatic carbocycles. The number of nitriles is 1. The fourth-order valence-electron chi connectivity index (χ4n) is 8.38. The van der Waals surface area contributed by atoms with Crippen molar-refractivity contribution in [3.05, 3.63) is 65.2 Å². The molecule has 0 bridgehead atoms. The third-order valence-corrected chi connectivity index (χ3v) is 11.8. The molecule has 0 spiro atoms. The highest BCUT2D eigenvalue weighted by molar-refractivity contribution is 6.31. The molecule has 0 unspecified atom stereocenters. The molecular weight excluding hydrogens is 757 g/mol. The first-order valence-electron chi connectivity index (χ1n) is 19.2. The van der Waals surface area contributed by atoms with Crippen LogP contribution in [0.4, 0.5) is 16.4 Å². The van der Waals surface area contributed by atoms with E-state index in [0.717, 1.165) is 101 Å². The molecule has 4 aliphatic rings. The summed E-state index contributed by atoms with van der Waals surface area (Å²) in [5, 5.41) is 24.5. The van der Waals surface area contributed by atoms with Crippen molar-refractivity contribution < 1.29 is 19.1 Å². The number of piperidine rings is 2. The zero-order valence-electron chi connectivity index (χ0n) is 31.0. The lowest BCUT2D eigenvalue weighted by molar-refractivity contribution is -0.120. The minimum absolute atomic E-state index is 0. The van der Waals surface area contributed by atoms with Gasteiger partial charge in [-0.1, -0.05) is 11.6 Å². The van der Waals surface area contributed by atoms with E-state index in [9.17, 15) is 14.4 Å². The molecule has 4 amide bonds. The highest BCUT2D eigenvalue weighted by Crippen LogP contribution is 2.32. The molecule has 3 aromatic heterocycles. The summed E-state index contributed by atoms with van der Waals surface area (Å²) in [4.78, 5) is 52.5. The monoisotopic (exact) mass is 801 g/mol. The van der Waals surface area contributed by atoms with Gasteiger partial charge in [-0.2, -0.15) is 5.26 Å². The fraction of sp³-hybridized carbons (Fsp3) is 0.487. The van der Waals surface area contributed by atoms with Gasteiger partial charge in [0, 0.05) is 70.0 Å². The number of aromatic nitrogens is 5. The van der Waals surface area contributed by atoms with Crippen LogP contribution in [0.5, 0.6) is 5.75 Å². The maximum absolute atomic E-state index is 13.0. The third-order valence-electron chi connectivity index (χ3n) is 11.5. The summed E-state index contributed by atoms with van der Waals surface area (Å²) in [5.41, 5.74) is 1.56. The maximum Gasteiger partial charge on any atom is 0.329 e. The summed E-state index contributed by atoms with van der Waals surface area (Å²) in [6, 6.07) is 12.7. The van der Waals surface area contributed by atoms with Crippen molar-refractivity contribution in [1.82, 2.24) is 40.3 Å². The molecular formula is C39H45Cl2N11O4. The Bertz CT molecular complexity index is 2080. The summed E-state index contributed by atoms with van der Waals surface area (Å²) in [5.74, 6) is 2.12. The molecule has 0 radical (unpaired) electrons. The second kappa shape index (κ2) is 17.4. The largest absolute Gasteiger partial charge is 0.490 e.